The van der Waals surface area contributed by atoms with E-state index in [1.165, 1.54) is 4.57 Å². The Hall–Kier alpha value is -2.48. The van der Waals surface area contributed by atoms with E-state index in [1.54, 1.807) is 13.0 Å². The molecule has 1 saturated carbocycles. The van der Waals surface area contributed by atoms with Gasteiger partial charge in [0.2, 0.25) is 0 Å². The van der Waals surface area contributed by atoms with Crippen LogP contribution in [-0.2, 0) is 6.54 Å². The number of nitrogens with zero attached hydrogens (tertiary/aromatic N) is 2. The highest BCUT2D eigenvalue weighted by Gasteiger charge is 2.28. The van der Waals surface area contributed by atoms with Gasteiger partial charge in [0.1, 0.15) is 0 Å². The fourth-order valence-corrected chi connectivity index (χ4v) is 3.19. The molecular weight excluding hydrogens is 348 g/mol. The molecule has 2 aromatic rings. The maximum absolute atomic E-state index is 12.8. The van der Waals surface area contributed by atoms with Crippen LogP contribution in [-0.4, -0.2) is 38.7 Å². The zero-order valence-corrected chi connectivity index (χ0v) is 15.7. The second-order valence-corrected chi connectivity index (χ2v) is 7.26. The first-order valence-electron chi connectivity index (χ1n) is 9.53. The average Bonchev–Trinajstić information content (AvgIpc) is 3.49. The number of aromatic nitrogens is 3. The Kier molecular flexibility index (Phi) is 5.74. The van der Waals surface area contributed by atoms with Gasteiger partial charge in [0.15, 0.2) is 5.65 Å². The monoisotopic (exact) mass is 374 g/mol. The van der Waals surface area contributed by atoms with Crippen LogP contribution in [0.15, 0.2) is 15.7 Å². The lowest BCUT2D eigenvalue weighted by Gasteiger charge is -2.13. The highest BCUT2D eigenvalue weighted by Crippen LogP contribution is 2.39. The number of aliphatic hydroxyl groups excluding tert-OH is 1. The molecule has 0 aliphatic heterocycles. The summed E-state index contributed by atoms with van der Waals surface area (Å²) >= 11 is 0. The molecule has 3 N–H and O–H groups in total. The minimum atomic E-state index is -0.589. The summed E-state index contributed by atoms with van der Waals surface area (Å²) in [5.74, 6) is 0.130. The number of hydrogen-bond donors (Lipinski definition) is 3. The number of rotatable bonds is 8. The van der Waals surface area contributed by atoms with Gasteiger partial charge in [-0.15, -0.1) is 0 Å². The maximum Gasteiger partial charge on any atom is 0.329 e. The third-order valence-corrected chi connectivity index (χ3v) is 5.00. The van der Waals surface area contributed by atoms with Crippen LogP contribution in [0.25, 0.3) is 11.0 Å². The fraction of sp³-hybridized carbons (Fsp3) is 0.579. The molecular formula is C19H26N4O4. The molecule has 0 spiro atoms. The van der Waals surface area contributed by atoms with E-state index in [-0.39, 0.29) is 40.9 Å². The van der Waals surface area contributed by atoms with Crippen molar-refractivity contribution in [1.82, 2.24) is 19.9 Å². The van der Waals surface area contributed by atoms with Crippen molar-refractivity contribution < 1.29 is 9.90 Å². The van der Waals surface area contributed by atoms with Gasteiger partial charge in [0.05, 0.1) is 10.9 Å². The molecule has 27 heavy (non-hydrogen) atoms. The van der Waals surface area contributed by atoms with Crippen LogP contribution in [0.2, 0.25) is 0 Å². The molecule has 0 aromatic carbocycles. The Balaban J connectivity index is 1.97. The molecule has 3 rings (SSSR count). The molecule has 2 aromatic heterocycles. The van der Waals surface area contributed by atoms with Gasteiger partial charge in [-0.05, 0) is 44.6 Å². The van der Waals surface area contributed by atoms with Gasteiger partial charge in [-0.1, -0.05) is 6.92 Å². The molecule has 2 heterocycles. The van der Waals surface area contributed by atoms with Gasteiger partial charge in [-0.2, -0.15) is 0 Å². The number of carbonyl (C=O) groups is 1. The van der Waals surface area contributed by atoms with Gasteiger partial charge in [0.25, 0.3) is 11.5 Å². The van der Waals surface area contributed by atoms with Gasteiger partial charge < -0.3 is 10.4 Å². The van der Waals surface area contributed by atoms with E-state index < -0.39 is 11.2 Å². The number of aromatic amines is 1. The Morgan fingerprint density at radius 2 is 2.19 bits per heavy atom. The Morgan fingerprint density at radius 1 is 1.44 bits per heavy atom. The van der Waals surface area contributed by atoms with E-state index in [9.17, 15) is 14.4 Å². The zero-order chi connectivity index (χ0) is 19.6. The summed E-state index contributed by atoms with van der Waals surface area (Å²) in [5, 5.41) is 12.1. The third kappa shape index (κ3) is 4.10. The van der Waals surface area contributed by atoms with Gasteiger partial charge in [-0.25, -0.2) is 9.78 Å². The van der Waals surface area contributed by atoms with Crippen LogP contribution in [0.5, 0.6) is 0 Å². The first kappa shape index (κ1) is 19.3. The van der Waals surface area contributed by atoms with Crippen molar-refractivity contribution in [3.8, 4) is 0 Å². The van der Waals surface area contributed by atoms with Crippen LogP contribution in [0.3, 0.4) is 0 Å². The van der Waals surface area contributed by atoms with Crippen molar-refractivity contribution in [1.29, 1.82) is 0 Å². The highest BCUT2D eigenvalue weighted by molar-refractivity contribution is 6.05. The van der Waals surface area contributed by atoms with Crippen molar-refractivity contribution in [3.05, 3.63) is 38.2 Å². The van der Waals surface area contributed by atoms with Crippen molar-refractivity contribution in [3.63, 3.8) is 0 Å². The number of aryl methyl sites for hydroxylation is 1. The lowest BCUT2D eigenvalue weighted by molar-refractivity contribution is 0.0953. The predicted octanol–water partition coefficient (Wildman–Crippen LogP) is 1.12. The highest BCUT2D eigenvalue weighted by atomic mass is 16.3. The second-order valence-electron chi connectivity index (χ2n) is 7.26. The maximum atomic E-state index is 12.8. The molecule has 0 unspecified atom stereocenters. The second kappa shape index (κ2) is 8.04. The summed E-state index contributed by atoms with van der Waals surface area (Å²) in [6.07, 6.45) is 3.54. The number of hydrogen-bond acceptors (Lipinski definition) is 5. The SMILES string of the molecule is CCn1c(=O)[nH]c(=O)c2c(C(=O)NCCC[C@@H](C)CO)cc(C3CC3)nc21. The summed E-state index contributed by atoms with van der Waals surface area (Å²) < 4.78 is 1.39. The Bertz CT molecular complexity index is 959. The lowest BCUT2D eigenvalue weighted by Crippen LogP contribution is -2.33. The Labute approximate surface area is 156 Å². The topological polar surface area (TPSA) is 117 Å². The number of nitrogens with one attached hydrogen (secondary N) is 2. The molecule has 0 saturated heterocycles. The van der Waals surface area contributed by atoms with Crippen molar-refractivity contribution >= 4 is 16.9 Å². The summed E-state index contributed by atoms with van der Waals surface area (Å²) in [4.78, 5) is 44.1. The number of fused-ring (bicyclic) bond motifs is 1. The van der Waals surface area contributed by atoms with Crippen LogP contribution >= 0.6 is 0 Å². The first-order chi connectivity index (χ1) is 13.0. The molecule has 146 valence electrons. The summed E-state index contributed by atoms with van der Waals surface area (Å²) in [6.45, 7) is 4.68. The molecule has 1 aliphatic rings. The number of aliphatic hydroxyl groups is 1. The number of amides is 1. The minimum Gasteiger partial charge on any atom is -0.396 e. The number of carbonyl (C=O) groups excluding carboxylic acids is 1. The molecule has 0 radical (unpaired) electrons. The Morgan fingerprint density at radius 3 is 2.81 bits per heavy atom. The number of pyridine rings is 1. The van der Waals surface area contributed by atoms with Crippen LogP contribution in [0, 0.1) is 5.92 Å². The van der Waals surface area contributed by atoms with E-state index in [0.717, 1.165) is 31.4 Å². The van der Waals surface area contributed by atoms with Gasteiger partial charge >= 0.3 is 5.69 Å². The molecule has 0 bridgehead atoms. The normalized spacial score (nSPS) is 15.1. The largest absolute Gasteiger partial charge is 0.396 e. The molecule has 1 aliphatic carbocycles. The first-order valence-corrected chi connectivity index (χ1v) is 9.53. The van der Waals surface area contributed by atoms with Crippen molar-refractivity contribution in [2.45, 2.75) is 52.0 Å². The van der Waals surface area contributed by atoms with E-state index in [2.05, 4.69) is 15.3 Å². The molecule has 1 fully saturated rings. The van der Waals surface area contributed by atoms with E-state index in [0.29, 0.717) is 13.1 Å². The van der Waals surface area contributed by atoms with Crippen molar-refractivity contribution in [2.24, 2.45) is 5.92 Å². The summed E-state index contributed by atoms with van der Waals surface area (Å²) in [7, 11) is 0. The van der Waals surface area contributed by atoms with Crippen molar-refractivity contribution in [2.75, 3.05) is 13.2 Å². The van der Waals surface area contributed by atoms with Crippen LogP contribution in [0.4, 0.5) is 0 Å². The average molecular weight is 374 g/mol. The quantitative estimate of drug-likeness (QED) is 0.599. The minimum absolute atomic E-state index is 0.123. The summed E-state index contributed by atoms with van der Waals surface area (Å²) in [6, 6.07) is 1.69. The summed E-state index contributed by atoms with van der Waals surface area (Å²) in [5.41, 5.74) is 0.192. The van der Waals surface area contributed by atoms with E-state index >= 15 is 0 Å². The standard InChI is InChI=1S/C19H26N4O4/c1-3-23-16-15(18(26)22-19(23)27)13(9-14(21-16)12-6-7-12)17(25)20-8-4-5-11(2)10-24/h9,11-12,24H,3-8,10H2,1-2H3,(H,20,25)(H,22,26,27)/t11-/m1/s1. The smallest absolute Gasteiger partial charge is 0.329 e. The molecule has 1 atom stereocenters. The predicted molar refractivity (Wildman–Crippen MR) is 102 cm³/mol. The van der Waals surface area contributed by atoms with Crippen LogP contribution < -0.4 is 16.6 Å². The van der Waals surface area contributed by atoms with E-state index in [1.807, 2.05) is 6.92 Å². The molecule has 8 heteroatoms. The molecule has 8 nitrogen and oxygen atoms in total. The zero-order valence-electron chi connectivity index (χ0n) is 15.7. The third-order valence-electron chi connectivity index (χ3n) is 5.00. The fourth-order valence-electron chi connectivity index (χ4n) is 3.19. The van der Waals surface area contributed by atoms with Gasteiger partial charge in [0, 0.05) is 31.3 Å². The lowest BCUT2D eigenvalue weighted by atomic mass is 10.1. The molecule has 1 amide bonds. The van der Waals surface area contributed by atoms with Gasteiger partial charge in [-0.3, -0.25) is 19.1 Å². The number of H-pyrrole nitrogens is 1. The van der Waals surface area contributed by atoms with E-state index in [4.69, 9.17) is 5.11 Å². The van der Waals surface area contributed by atoms with Crippen LogP contribution in [0.1, 0.15) is 61.5 Å².